The van der Waals surface area contributed by atoms with E-state index in [2.05, 4.69) is 0 Å². The van der Waals surface area contributed by atoms with Crippen molar-refractivity contribution in [3.05, 3.63) is 11.6 Å². The molecule has 9 nitrogen and oxygen atoms in total. The van der Waals surface area contributed by atoms with Gasteiger partial charge in [0.1, 0.15) is 12.2 Å². The summed E-state index contributed by atoms with van der Waals surface area (Å²) in [5.41, 5.74) is -3.05. The van der Waals surface area contributed by atoms with Crippen LogP contribution in [0.5, 0.6) is 0 Å². The number of ketones is 2. The number of hydrogen-bond donors (Lipinski definition) is 3. The first-order valence-corrected chi connectivity index (χ1v) is 12.2. The van der Waals surface area contributed by atoms with E-state index in [-0.39, 0.29) is 66.4 Å². The molecule has 8 atom stereocenters. The average molecular weight is 479 g/mol. The van der Waals surface area contributed by atoms with Crippen molar-refractivity contribution in [1.29, 1.82) is 0 Å². The van der Waals surface area contributed by atoms with E-state index in [1.54, 1.807) is 13.8 Å². The normalized spacial score (nSPS) is 45.8. The maximum absolute atomic E-state index is 12.4. The van der Waals surface area contributed by atoms with E-state index in [4.69, 9.17) is 4.52 Å². The number of aliphatic hydroxyl groups excluding tert-OH is 2. The van der Waals surface area contributed by atoms with Crippen LogP contribution in [-0.4, -0.2) is 51.3 Å². The molecule has 0 amide bonds. The van der Waals surface area contributed by atoms with Crippen LogP contribution in [0.3, 0.4) is 0 Å². The van der Waals surface area contributed by atoms with Gasteiger partial charge in [0.2, 0.25) is 0 Å². The molecular formula is C21H29NaO9P-. The molecular weight excluding hydrogens is 450 g/mol. The van der Waals surface area contributed by atoms with Crippen LogP contribution in [0.4, 0.5) is 0 Å². The Morgan fingerprint density at radius 1 is 1.31 bits per heavy atom. The number of Topliss-reactive ketones (excluding diaryl/α,β-unsaturated/α-hetero) is 1. The Morgan fingerprint density at radius 2 is 1.97 bits per heavy atom. The van der Waals surface area contributed by atoms with E-state index in [1.165, 1.54) is 6.08 Å². The Balaban J connectivity index is 0.00000289. The minimum absolute atomic E-state index is 0. The molecule has 3 N–H and O–H groups in total. The molecule has 4 aliphatic rings. The van der Waals surface area contributed by atoms with Gasteiger partial charge in [-0.15, -0.1) is 0 Å². The van der Waals surface area contributed by atoms with E-state index >= 15 is 0 Å². The Morgan fingerprint density at radius 3 is 2.56 bits per heavy atom. The molecule has 0 spiro atoms. The molecule has 0 aromatic carbocycles. The summed E-state index contributed by atoms with van der Waals surface area (Å²) in [6.07, 6.45) is 0.843. The Labute approximate surface area is 209 Å². The number of aliphatic hydroxyl groups is 3. The van der Waals surface area contributed by atoms with Crippen LogP contribution in [0.25, 0.3) is 0 Å². The smallest absolute Gasteiger partial charge is 0.790 e. The van der Waals surface area contributed by atoms with Gasteiger partial charge in [-0.2, -0.15) is 0 Å². The summed E-state index contributed by atoms with van der Waals surface area (Å²) in [5.74, 6) is -1.79. The molecule has 0 aromatic rings. The van der Waals surface area contributed by atoms with Crippen LogP contribution < -0.4 is 39.3 Å². The standard InChI is InChI=1S/C21H31O9P.Na/c1-19-9-15(24)18-13(14(19)5-6-21(19,26)16(25)10-22)4-3-11-7-12(23)8-17(20(11,18)2)30-31(27,28)29;/h7,13-15,17-18,22,24,26H,3-6,8-10H2,1-2H3,(H2,27,28,29);/q;+1/p-2. The fourth-order valence-electron chi connectivity index (χ4n) is 7.60. The Bertz CT molecular complexity index is 886. The van der Waals surface area contributed by atoms with Crippen molar-refractivity contribution in [3.63, 3.8) is 0 Å². The Hall–Kier alpha value is 0.0700. The predicted molar refractivity (Wildman–Crippen MR) is 103 cm³/mol. The van der Waals surface area contributed by atoms with Gasteiger partial charge in [0.05, 0.1) is 20.0 Å². The minimum atomic E-state index is -5.38. The van der Waals surface area contributed by atoms with Crippen molar-refractivity contribution in [2.24, 2.45) is 28.6 Å². The molecule has 32 heavy (non-hydrogen) atoms. The fourth-order valence-corrected chi connectivity index (χ4v) is 8.20. The zero-order chi connectivity index (χ0) is 23.0. The topological polar surface area (TPSA) is 167 Å². The number of hydrogen-bond acceptors (Lipinski definition) is 9. The summed E-state index contributed by atoms with van der Waals surface area (Å²) in [7, 11) is -5.38. The minimum Gasteiger partial charge on any atom is -0.790 e. The van der Waals surface area contributed by atoms with Crippen LogP contribution in [-0.2, 0) is 18.7 Å². The summed E-state index contributed by atoms with van der Waals surface area (Å²) in [5, 5.41) is 32.0. The van der Waals surface area contributed by atoms with Gasteiger partial charge in [-0.1, -0.05) is 19.4 Å². The first-order chi connectivity index (χ1) is 14.3. The second-order valence-corrected chi connectivity index (χ2v) is 11.3. The van der Waals surface area contributed by atoms with Crippen LogP contribution >= 0.6 is 7.82 Å². The molecule has 0 saturated heterocycles. The number of carbonyl (C=O) groups is 2. The van der Waals surface area contributed by atoms with Crippen molar-refractivity contribution in [2.75, 3.05) is 6.61 Å². The van der Waals surface area contributed by atoms with E-state index in [9.17, 15) is 39.3 Å². The van der Waals surface area contributed by atoms with Gasteiger partial charge in [-0.25, -0.2) is 0 Å². The van der Waals surface area contributed by atoms with Gasteiger partial charge in [0.25, 0.3) is 0 Å². The van der Waals surface area contributed by atoms with Crippen LogP contribution in [0, 0.1) is 28.6 Å². The third-order valence-corrected chi connectivity index (χ3v) is 9.50. The van der Waals surface area contributed by atoms with Gasteiger partial charge < -0.3 is 34.2 Å². The predicted octanol–water partition coefficient (Wildman–Crippen LogP) is -3.39. The molecule has 0 radical (unpaired) electrons. The molecule has 0 aromatic heterocycles. The monoisotopic (exact) mass is 479 g/mol. The number of phosphoric ester groups is 1. The van der Waals surface area contributed by atoms with E-state index in [1.807, 2.05) is 0 Å². The summed E-state index contributed by atoms with van der Waals surface area (Å²) >= 11 is 0. The van der Waals surface area contributed by atoms with Crippen LogP contribution in [0.15, 0.2) is 11.6 Å². The molecule has 4 aliphatic carbocycles. The second-order valence-electron chi connectivity index (χ2n) is 10.2. The van der Waals surface area contributed by atoms with E-state index < -0.39 is 54.8 Å². The van der Waals surface area contributed by atoms with Gasteiger partial charge in [0, 0.05) is 17.3 Å². The largest absolute Gasteiger partial charge is 1.00 e. The molecule has 0 bridgehead atoms. The van der Waals surface area contributed by atoms with Crippen molar-refractivity contribution >= 4 is 19.4 Å². The quantitative estimate of drug-likeness (QED) is 0.275. The van der Waals surface area contributed by atoms with Crippen molar-refractivity contribution < 1.29 is 73.3 Å². The summed E-state index contributed by atoms with van der Waals surface area (Å²) in [6, 6.07) is 0. The molecule has 3 fully saturated rings. The molecule has 3 saturated carbocycles. The van der Waals surface area contributed by atoms with E-state index in [0.29, 0.717) is 24.8 Å². The SMILES string of the molecule is CC12C(=CC(=O)CC1OP(=O)([O-])[O-])CCC1C2C(O)CC2(C)C1CCC2(O)C(=O)CO.[Na+]. The fraction of sp³-hybridized carbons (Fsp3) is 0.810. The third-order valence-electron chi connectivity index (χ3n) is 8.99. The Kier molecular flexibility index (Phi) is 7.19. The van der Waals surface area contributed by atoms with E-state index in [0.717, 1.165) is 0 Å². The first-order valence-electron chi connectivity index (χ1n) is 10.8. The van der Waals surface area contributed by atoms with Gasteiger partial charge in [-0.3, -0.25) is 9.59 Å². The molecule has 0 aliphatic heterocycles. The zero-order valence-corrected chi connectivity index (χ0v) is 21.5. The summed E-state index contributed by atoms with van der Waals surface area (Å²) in [6.45, 7) is 2.73. The van der Waals surface area contributed by atoms with Crippen molar-refractivity contribution in [1.82, 2.24) is 0 Å². The van der Waals surface area contributed by atoms with Gasteiger partial charge in [0.15, 0.2) is 11.6 Å². The van der Waals surface area contributed by atoms with Crippen molar-refractivity contribution in [2.45, 2.75) is 70.2 Å². The third kappa shape index (κ3) is 3.77. The average Bonchev–Trinajstić information content (AvgIpc) is 2.92. The number of fused-ring (bicyclic) bond motifs is 5. The summed E-state index contributed by atoms with van der Waals surface area (Å²) < 4.78 is 16.3. The van der Waals surface area contributed by atoms with Gasteiger partial charge in [-0.05, 0) is 55.9 Å². The molecule has 8 unspecified atom stereocenters. The molecule has 0 heterocycles. The maximum Gasteiger partial charge on any atom is 1.00 e. The molecule has 174 valence electrons. The number of rotatable bonds is 4. The first kappa shape index (κ1) is 26.7. The molecule has 11 heteroatoms. The van der Waals surface area contributed by atoms with Crippen LogP contribution in [0.1, 0.15) is 52.4 Å². The number of phosphoric acid groups is 1. The van der Waals surface area contributed by atoms with Crippen molar-refractivity contribution in [3.8, 4) is 0 Å². The zero-order valence-electron chi connectivity index (χ0n) is 18.7. The summed E-state index contributed by atoms with van der Waals surface area (Å²) in [4.78, 5) is 47.6. The van der Waals surface area contributed by atoms with Crippen LogP contribution in [0.2, 0.25) is 0 Å². The number of carbonyl (C=O) groups excluding carboxylic acids is 2. The molecule has 4 rings (SSSR count). The van der Waals surface area contributed by atoms with Gasteiger partial charge >= 0.3 is 29.6 Å². The second kappa shape index (κ2) is 8.63. The maximum atomic E-state index is 12.4.